The zero-order valence-electron chi connectivity index (χ0n) is 18.5. The molecule has 4 heterocycles. The highest BCUT2D eigenvalue weighted by molar-refractivity contribution is 6.05. The third-order valence-electron chi connectivity index (χ3n) is 7.99. The summed E-state index contributed by atoms with van der Waals surface area (Å²) < 4.78 is 5.56. The molecule has 1 aromatic rings. The molecule has 3 fully saturated rings. The maximum Gasteiger partial charge on any atom is 0.255 e. The number of likely N-dealkylation sites (tertiary alicyclic amines) is 1. The van der Waals surface area contributed by atoms with Crippen LogP contribution in [0.4, 0.5) is 0 Å². The third kappa shape index (κ3) is 3.74. The molecule has 0 saturated carbocycles. The Labute approximate surface area is 188 Å². The van der Waals surface area contributed by atoms with Crippen molar-refractivity contribution in [1.29, 1.82) is 0 Å². The van der Waals surface area contributed by atoms with Crippen molar-refractivity contribution in [3.63, 3.8) is 0 Å². The molecule has 3 N–H and O–H groups in total. The van der Waals surface area contributed by atoms with Crippen LogP contribution in [-0.2, 0) is 27.4 Å². The molecule has 2 atom stereocenters. The maximum atomic E-state index is 13.4. The lowest BCUT2D eigenvalue weighted by atomic mass is 9.71. The van der Waals surface area contributed by atoms with Crippen molar-refractivity contribution in [3.8, 4) is 0 Å². The maximum absolute atomic E-state index is 13.4. The van der Waals surface area contributed by atoms with Gasteiger partial charge in [0.1, 0.15) is 6.04 Å². The van der Waals surface area contributed by atoms with Crippen LogP contribution in [0.1, 0.15) is 53.6 Å². The van der Waals surface area contributed by atoms with Crippen LogP contribution in [0.25, 0.3) is 0 Å². The molecule has 0 spiro atoms. The number of piperidine rings is 1. The molecule has 3 saturated heterocycles. The average Bonchev–Trinajstić information content (AvgIpc) is 3.37. The highest BCUT2D eigenvalue weighted by Gasteiger charge is 2.44. The van der Waals surface area contributed by atoms with Crippen molar-refractivity contribution in [2.45, 2.75) is 51.2 Å². The minimum Gasteiger partial charge on any atom is -0.381 e. The van der Waals surface area contributed by atoms with Gasteiger partial charge in [-0.05, 0) is 61.2 Å². The fraction of sp³-hybridized carbons (Fsp3) is 0.625. The Morgan fingerprint density at radius 1 is 1.16 bits per heavy atom. The quantitative estimate of drug-likeness (QED) is 0.663. The summed E-state index contributed by atoms with van der Waals surface area (Å²) in [5.74, 6) is -0.137. The minimum atomic E-state index is -0.578. The minimum absolute atomic E-state index is 0.0983. The SMILES string of the molecule is NCC1(C2CCOCC2)CCN(Cc2cccc3c2C(=O)N(C2CCC(=O)NC2=O)C3)C1. The summed E-state index contributed by atoms with van der Waals surface area (Å²) in [5, 5.41) is 2.37. The van der Waals surface area contributed by atoms with Crippen LogP contribution in [-0.4, -0.2) is 66.4 Å². The van der Waals surface area contributed by atoms with Gasteiger partial charge in [-0.15, -0.1) is 0 Å². The Bertz CT molecular complexity index is 929. The summed E-state index contributed by atoms with van der Waals surface area (Å²) in [6.07, 6.45) is 3.89. The predicted molar refractivity (Wildman–Crippen MR) is 117 cm³/mol. The summed E-state index contributed by atoms with van der Waals surface area (Å²) in [6.45, 7) is 5.38. The molecule has 0 aromatic heterocycles. The van der Waals surface area contributed by atoms with Gasteiger partial charge in [0, 0.05) is 44.8 Å². The largest absolute Gasteiger partial charge is 0.381 e. The number of nitrogens with zero attached hydrogens (tertiary/aromatic N) is 2. The van der Waals surface area contributed by atoms with Gasteiger partial charge in [-0.2, -0.15) is 0 Å². The van der Waals surface area contributed by atoms with Gasteiger partial charge in [0.05, 0.1) is 0 Å². The number of rotatable bonds is 5. The van der Waals surface area contributed by atoms with E-state index < -0.39 is 6.04 Å². The molecule has 3 amide bonds. The van der Waals surface area contributed by atoms with Gasteiger partial charge in [-0.1, -0.05) is 18.2 Å². The second-order valence-electron chi connectivity index (χ2n) is 9.77. The van der Waals surface area contributed by atoms with Crippen LogP contribution in [0.15, 0.2) is 18.2 Å². The molecule has 1 aromatic carbocycles. The number of ether oxygens (including phenoxy) is 1. The number of hydrogen-bond acceptors (Lipinski definition) is 6. The summed E-state index contributed by atoms with van der Waals surface area (Å²) in [6, 6.07) is 5.42. The van der Waals surface area contributed by atoms with E-state index in [0.29, 0.717) is 32.0 Å². The molecule has 32 heavy (non-hydrogen) atoms. The average molecular weight is 441 g/mol. The van der Waals surface area contributed by atoms with E-state index in [1.807, 2.05) is 18.2 Å². The van der Waals surface area contributed by atoms with E-state index in [9.17, 15) is 14.4 Å². The number of nitrogens with two attached hydrogens (primary N) is 1. The Hall–Kier alpha value is -2.29. The lowest BCUT2D eigenvalue weighted by molar-refractivity contribution is -0.136. The topological polar surface area (TPSA) is 105 Å². The van der Waals surface area contributed by atoms with Crippen LogP contribution in [0.3, 0.4) is 0 Å². The number of amides is 3. The fourth-order valence-electron chi connectivity index (χ4n) is 6.16. The van der Waals surface area contributed by atoms with Crippen LogP contribution in [0, 0.1) is 11.3 Å². The molecule has 0 aliphatic carbocycles. The van der Waals surface area contributed by atoms with Crippen molar-refractivity contribution in [2.75, 3.05) is 32.8 Å². The molecule has 172 valence electrons. The first-order valence-corrected chi connectivity index (χ1v) is 11.8. The molecule has 0 bridgehead atoms. The first-order valence-electron chi connectivity index (χ1n) is 11.8. The normalized spacial score (nSPS) is 29.5. The zero-order valence-corrected chi connectivity index (χ0v) is 18.5. The monoisotopic (exact) mass is 440 g/mol. The third-order valence-corrected chi connectivity index (χ3v) is 7.99. The number of carbonyl (C=O) groups excluding carboxylic acids is 3. The molecule has 4 aliphatic heterocycles. The summed E-state index contributed by atoms with van der Waals surface area (Å²) in [5.41, 5.74) is 9.14. The van der Waals surface area contributed by atoms with Crippen molar-refractivity contribution in [2.24, 2.45) is 17.1 Å². The van der Waals surface area contributed by atoms with Crippen molar-refractivity contribution >= 4 is 17.7 Å². The van der Waals surface area contributed by atoms with Gasteiger partial charge in [-0.3, -0.25) is 24.6 Å². The first-order chi connectivity index (χ1) is 15.5. The van der Waals surface area contributed by atoms with Crippen molar-refractivity contribution in [1.82, 2.24) is 15.1 Å². The smallest absolute Gasteiger partial charge is 0.255 e. The zero-order chi connectivity index (χ0) is 22.3. The van der Waals surface area contributed by atoms with E-state index in [-0.39, 0.29) is 29.6 Å². The molecular formula is C24H32N4O4. The molecule has 8 heteroatoms. The van der Waals surface area contributed by atoms with Gasteiger partial charge in [-0.25, -0.2) is 0 Å². The number of carbonyl (C=O) groups is 3. The molecule has 5 rings (SSSR count). The Morgan fingerprint density at radius 2 is 1.97 bits per heavy atom. The second-order valence-corrected chi connectivity index (χ2v) is 9.77. The van der Waals surface area contributed by atoms with Gasteiger partial charge < -0.3 is 15.4 Å². The fourth-order valence-corrected chi connectivity index (χ4v) is 6.16. The highest BCUT2D eigenvalue weighted by Crippen LogP contribution is 2.42. The van der Waals surface area contributed by atoms with Gasteiger partial charge in [0.15, 0.2) is 0 Å². The van der Waals surface area contributed by atoms with Gasteiger partial charge in [0.2, 0.25) is 11.8 Å². The predicted octanol–water partition coefficient (Wildman–Crippen LogP) is 1.03. The lowest BCUT2D eigenvalue weighted by Gasteiger charge is -2.39. The molecule has 2 unspecified atom stereocenters. The van der Waals surface area contributed by atoms with Crippen LogP contribution < -0.4 is 11.1 Å². The number of fused-ring (bicyclic) bond motifs is 1. The lowest BCUT2D eigenvalue weighted by Crippen LogP contribution is -2.52. The van der Waals surface area contributed by atoms with Crippen molar-refractivity contribution < 1.29 is 19.1 Å². The van der Waals surface area contributed by atoms with Crippen LogP contribution in [0.5, 0.6) is 0 Å². The second kappa shape index (κ2) is 8.57. The summed E-state index contributed by atoms with van der Waals surface area (Å²) in [4.78, 5) is 41.3. The van der Waals surface area contributed by atoms with Gasteiger partial charge >= 0.3 is 0 Å². The van der Waals surface area contributed by atoms with E-state index >= 15 is 0 Å². The number of hydrogen-bond donors (Lipinski definition) is 2. The standard InChI is InChI=1S/C24H32N4O4/c25-14-24(18-6-10-32-11-7-18)8-9-27(15-24)12-16-2-1-3-17-13-28(23(31)21(16)17)19-4-5-20(29)26-22(19)30/h1-3,18-19H,4-15,25H2,(H,26,29,30). The molecule has 4 aliphatic rings. The van der Waals surface area contributed by atoms with E-state index in [0.717, 1.165) is 62.3 Å². The van der Waals surface area contributed by atoms with Crippen LogP contribution >= 0.6 is 0 Å². The number of nitrogens with one attached hydrogen (secondary N) is 1. The van der Waals surface area contributed by atoms with E-state index in [1.54, 1.807) is 4.90 Å². The Balaban J connectivity index is 1.31. The van der Waals surface area contributed by atoms with E-state index in [4.69, 9.17) is 10.5 Å². The summed E-state index contributed by atoms with van der Waals surface area (Å²) >= 11 is 0. The van der Waals surface area contributed by atoms with Gasteiger partial charge in [0.25, 0.3) is 5.91 Å². The summed E-state index contributed by atoms with van der Waals surface area (Å²) in [7, 11) is 0. The highest BCUT2D eigenvalue weighted by atomic mass is 16.5. The number of benzene rings is 1. The molecule has 0 radical (unpaired) electrons. The van der Waals surface area contributed by atoms with Crippen molar-refractivity contribution in [3.05, 3.63) is 34.9 Å². The molecule has 8 nitrogen and oxygen atoms in total. The van der Waals surface area contributed by atoms with E-state index in [2.05, 4.69) is 10.2 Å². The van der Waals surface area contributed by atoms with Crippen LogP contribution in [0.2, 0.25) is 0 Å². The Kier molecular flexibility index (Phi) is 5.77. The molecular weight excluding hydrogens is 408 g/mol. The van der Waals surface area contributed by atoms with E-state index in [1.165, 1.54) is 0 Å². The number of imide groups is 1. The Morgan fingerprint density at radius 3 is 2.72 bits per heavy atom. The first kappa shape index (κ1) is 21.6.